The fourth-order valence-electron chi connectivity index (χ4n) is 2.83. The molecule has 0 aliphatic rings. The van der Waals surface area contributed by atoms with Gasteiger partial charge in [-0.2, -0.15) is 0 Å². The smallest absolute Gasteiger partial charge is 0.194 e. The van der Waals surface area contributed by atoms with Crippen LogP contribution in [0.3, 0.4) is 0 Å². The molecule has 0 bridgehead atoms. The predicted molar refractivity (Wildman–Crippen MR) is 126 cm³/mol. The maximum Gasteiger partial charge on any atom is 0.194 e. The van der Waals surface area contributed by atoms with Gasteiger partial charge in [0.25, 0.3) is 0 Å². The molecule has 2 aromatic heterocycles. The molecular weight excluding hydrogens is 503 g/mol. The molecule has 0 saturated carbocycles. The van der Waals surface area contributed by atoms with Gasteiger partial charge in [0.2, 0.25) is 0 Å². The van der Waals surface area contributed by atoms with E-state index in [1.54, 1.807) is 12.6 Å². The zero-order chi connectivity index (χ0) is 19.8. The van der Waals surface area contributed by atoms with Crippen LogP contribution in [0.2, 0.25) is 5.02 Å². The second-order valence-corrected chi connectivity index (χ2v) is 6.86. The molecule has 3 aromatic rings. The fourth-order valence-corrected chi connectivity index (χ4v) is 2.96. The summed E-state index contributed by atoms with van der Waals surface area (Å²) in [5, 5.41) is 12.3. The van der Waals surface area contributed by atoms with Gasteiger partial charge in [0, 0.05) is 38.1 Å². The summed E-state index contributed by atoms with van der Waals surface area (Å²) in [6.45, 7) is 4.75. The first-order valence-corrected chi connectivity index (χ1v) is 9.66. The van der Waals surface area contributed by atoms with Gasteiger partial charge in [0.05, 0.1) is 6.26 Å². The molecule has 0 unspecified atom stereocenters. The van der Waals surface area contributed by atoms with Gasteiger partial charge in [-0.25, -0.2) is 4.99 Å². The maximum absolute atomic E-state index is 5.99. The van der Waals surface area contributed by atoms with Crippen LogP contribution in [-0.4, -0.2) is 39.2 Å². The van der Waals surface area contributed by atoms with Crippen LogP contribution >= 0.6 is 35.6 Å². The van der Waals surface area contributed by atoms with E-state index in [4.69, 9.17) is 21.0 Å². The molecule has 29 heavy (non-hydrogen) atoms. The van der Waals surface area contributed by atoms with E-state index in [0.717, 1.165) is 41.1 Å². The van der Waals surface area contributed by atoms with Gasteiger partial charge < -0.3 is 19.2 Å². The van der Waals surface area contributed by atoms with E-state index < -0.39 is 0 Å². The molecule has 0 aliphatic heterocycles. The number of halogens is 2. The highest BCUT2D eigenvalue weighted by Gasteiger charge is 2.09. The molecule has 156 valence electrons. The zero-order valence-corrected chi connectivity index (χ0v) is 19.7. The molecule has 0 radical (unpaired) electrons. The molecule has 3 rings (SSSR count). The quantitative estimate of drug-likeness (QED) is 0.272. The van der Waals surface area contributed by atoms with Crippen LogP contribution in [0.25, 0.3) is 0 Å². The predicted octanol–water partition coefficient (Wildman–Crippen LogP) is 3.98. The minimum Gasteiger partial charge on any atom is -0.467 e. The first kappa shape index (κ1) is 23.2. The molecule has 0 atom stereocenters. The lowest BCUT2D eigenvalue weighted by atomic mass is 10.2. The molecule has 7 nitrogen and oxygen atoms in total. The lowest BCUT2D eigenvalue weighted by molar-refractivity contribution is 0.464. The number of hydrogen-bond donors (Lipinski definition) is 1. The molecule has 0 amide bonds. The molecule has 0 fully saturated rings. The summed E-state index contributed by atoms with van der Waals surface area (Å²) in [6, 6.07) is 11.6. The maximum atomic E-state index is 5.99. The van der Waals surface area contributed by atoms with Crippen molar-refractivity contribution in [2.45, 2.75) is 33.0 Å². The molecule has 2 heterocycles. The van der Waals surface area contributed by atoms with Crippen LogP contribution in [-0.2, 0) is 26.1 Å². The Morgan fingerprint density at radius 3 is 2.76 bits per heavy atom. The second-order valence-electron chi connectivity index (χ2n) is 6.42. The van der Waals surface area contributed by atoms with Crippen molar-refractivity contribution in [2.75, 3.05) is 13.6 Å². The van der Waals surface area contributed by atoms with Crippen molar-refractivity contribution in [1.29, 1.82) is 0 Å². The average Bonchev–Trinajstić information content (AvgIpc) is 3.37. The number of nitrogens with one attached hydrogen (secondary N) is 1. The highest BCUT2D eigenvalue weighted by atomic mass is 127. The Hall–Kier alpha value is -2.07. The summed E-state index contributed by atoms with van der Waals surface area (Å²) in [6.07, 6.45) is 4.28. The Balaban J connectivity index is 0.00000300. The van der Waals surface area contributed by atoms with E-state index >= 15 is 0 Å². The normalized spacial score (nSPS) is 11.2. The van der Waals surface area contributed by atoms with Crippen LogP contribution in [0.15, 0.2) is 58.4 Å². The number of aryl methyl sites for hydroxylation is 1. The van der Waals surface area contributed by atoms with Crippen LogP contribution in [0.1, 0.15) is 24.1 Å². The summed E-state index contributed by atoms with van der Waals surface area (Å²) in [4.78, 5) is 6.79. The molecule has 0 aliphatic carbocycles. The first-order chi connectivity index (χ1) is 13.7. The lowest BCUT2D eigenvalue weighted by Crippen LogP contribution is -2.40. The number of guanidine groups is 1. The number of benzene rings is 1. The lowest BCUT2D eigenvalue weighted by Gasteiger charge is -2.23. The largest absolute Gasteiger partial charge is 0.467 e. The molecule has 0 saturated heterocycles. The monoisotopic (exact) mass is 528 g/mol. The number of aliphatic imine (C=N–C) groups is 1. The number of aromatic nitrogens is 3. The van der Waals surface area contributed by atoms with Crippen molar-refractivity contribution in [3.05, 3.63) is 71.2 Å². The summed E-state index contributed by atoms with van der Waals surface area (Å²) < 4.78 is 7.45. The highest BCUT2D eigenvalue weighted by molar-refractivity contribution is 14.0. The van der Waals surface area contributed by atoms with Gasteiger partial charge in [-0.15, -0.1) is 34.2 Å². The Labute approximate surface area is 193 Å². The summed E-state index contributed by atoms with van der Waals surface area (Å²) in [5.41, 5.74) is 1.16. The standard InChI is InChI=1S/C20H25ClN6O.HI/c1-3-19-25-24-15-27(19)11-10-22-20(23-13-18-5-4-12-28-18)26(2)14-16-6-8-17(21)9-7-16;/h4-9,12,15H,3,10-11,13-14H2,1-2H3,(H,22,23);1H. The summed E-state index contributed by atoms with van der Waals surface area (Å²) in [7, 11) is 2.01. The topological polar surface area (TPSA) is 71.5 Å². The number of rotatable bonds is 8. The third-order valence-corrected chi connectivity index (χ3v) is 4.56. The Bertz CT molecular complexity index is 879. The van der Waals surface area contributed by atoms with E-state index in [2.05, 4.69) is 31.9 Å². The average molecular weight is 529 g/mol. The Kier molecular flexibility index (Phi) is 9.46. The number of nitrogens with zero attached hydrogens (tertiary/aromatic N) is 5. The highest BCUT2D eigenvalue weighted by Crippen LogP contribution is 2.11. The minimum absolute atomic E-state index is 0. The van der Waals surface area contributed by atoms with Gasteiger partial charge >= 0.3 is 0 Å². The molecule has 1 N–H and O–H groups in total. The van der Waals surface area contributed by atoms with E-state index in [-0.39, 0.29) is 24.0 Å². The van der Waals surface area contributed by atoms with E-state index in [9.17, 15) is 0 Å². The number of furan rings is 1. The molecular formula is C20H26ClIN6O. The van der Waals surface area contributed by atoms with Crippen molar-refractivity contribution in [1.82, 2.24) is 25.0 Å². The van der Waals surface area contributed by atoms with Crippen molar-refractivity contribution in [3.8, 4) is 0 Å². The SMILES string of the molecule is CCc1nncn1CCNC(=NCc1ccco1)N(C)Cc1ccc(Cl)cc1.I. The Morgan fingerprint density at radius 2 is 2.07 bits per heavy atom. The van der Waals surface area contributed by atoms with Crippen molar-refractivity contribution in [2.24, 2.45) is 4.99 Å². The van der Waals surface area contributed by atoms with E-state index in [1.165, 1.54) is 0 Å². The molecule has 0 spiro atoms. The van der Waals surface area contributed by atoms with Crippen LogP contribution in [0, 0.1) is 0 Å². The van der Waals surface area contributed by atoms with Crippen LogP contribution in [0.5, 0.6) is 0 Å². The summed E-state index contributed by atoms with van der Waals surface area (Å²) >= 11 is 5.99. The van der Waals surface area contributed by atoms with Gasteiger partial charge in [0.15, 0.2) is 5.96 Å². The van der Waals surface area contributed by atoms with Gasteiger partial charge in [0.1, 0.15) is 24.5 Å². The molecule has 9 heteroatoms. The molecule has 1 aromatic carbocycles. The van der Waals surface area contributed by atoms with Crippen molar-refractivity contribution >= 4 is 41.5 Å². The van der Waals surface area contributed by atoms with E-state index in [1.807, 2.05) is 43.4 Å². The summed E-state index contributed by atoms with van der Waals surface area (Å²) in [5.74, 6) is 2.61. The minimum atomic E-state index is 0. The zero-order valence-electron chi connectivity index (χ0n) is 16.6. The van der Waals surface area contributed by atoms with Gasteiger partial charge in [-0.05, 0) is 29.8 Å². The second kappa shape index (κ2) is 11.8. The van der Waals surface area contributed by atoms with Gasteiger partial charge in [-0.3, -0.25) is 0 Å². The first-order valence-electron chi connectivity index (χ1n) is 9.28. The fraction of sp³-hybridized carbons (Fsp3) is 0.350. The van der Waals surface area contributed by atoms with E-state index in [0.29, 0.717) is 19.6 Å². The number of hydrogen-bond acceptors (Lipinski definition) is 4. The van der Waals surface area contributed by atoms with Crippen LogP contribution < -0.4 is 5.32 Å². The van der Waals surface area contributed by atoms with Crippen molar-refractivity contribution in [3.63, 3.8) is 0 Å². The Morgan fingerprint density at radius 1 is 1.28 bits per heavy atom. The van der Waals surface area contributed by atoms with Crippen LogP contribution in [0.4, 0.5) is 0 Å². The van der Waals surface area contributed by atoms with Gasteiger partial charge in [-0.1, -0.05) is 30.7 Å². The third-order valence-electron chi connectivity index (χ3n) is 4.31. The van der Waals surface area contributed by atoms with Crippen molar-refractivity contribution < 1.29 is 4.42 Å². The third kappa shape index (κ3) is 7.04.